The third kappa shape index (κ3) is 4.89. The number of amides is 2. The zero-order valence-electron chi connectivity index (χ0n) is 15.4. The van der Waals surface area contributed by atoms with E-state index in [1.165, 1.54) is 18.7 Å². The molecule has 0 aliphatic carbocycles. The van der Waals surface area contributed by atoms with Crippen molar-refractivity contribution in [2.75, 3.05) is 16.4 Å². The molecule has 0 bridgehead atoms. The van der Waals surface area contributed by atoms with Crippen molar-refractivity contribution < 1.29 is 9.59 Å². The number of aromatic nitrogens is 2. The number of hydrogen-bond acceptors (Lipinski definition) is 4. The number of imidazole rings is 1. The highest BCUT2D eigenvalue weighted by Crippen LogP contribution is 2.22. The van der Waals surface area contributed by atoms with E-state index in [2.05, 4.69) is 22.5 Å². The molecule has 6 nitrogen and oxygen atoms in total. The zero-order valence-corrected chi connectivity index (χ0v) is 16.2. The quantitative estimate of drug-likeness (QED) is 0.602. The number of carbonyl (C=O) groups is 2. The SMILES string of the molecule is CCCn1c(NC(=O)CSc2ccc(NC(C)=O)cc2)nc2ccccc21. The van der Waals surface area contributed by atoms with Gasteiger partial charge in [0.1, 0.15) is 0 Å². The lowest BCUT2D eigenvalue weighted by atomic mass is 10.3. The van der Waals surface area contributed by atoms with Gasteiger partial charge in [0.15, 0.2) is 0 Å². The van der Waals surface area contributed by atoms with E-state index >= 15 is 0 Å². The van der Waals surface area contributed by atoms with Gasteiger partial charge in [0.2, 0.25) is 17.8 Å². The topological polar surface area (TPSA) is 76.0 Å². The average Bonchev–Trinajstić information content (AvgIpc) is 2.98. The van der Waals surface area contributed by atoms with E-state index in [0.29, 0.717) is 5.95 Å². The molecule has 0 spiro atoms. The molecule has 0 unspecified atom stereocenters. The van der Waals surface area contributed by atoms with Gasteiger partial charge in [-0.15, -0.1) is 11.8 Å². The average molecular weight is 382 g/mol. The van der Waals surface area contributed by atoms with Crippen molar-refractivity contribution in [3.8, 4) is 0 Å². The summed E-state index contributed by atoms with van der Waals surface area (Å²) in [5.74, 6) is 0.669. The fraction of sp³-hybridized carbons (Fsp3) is 0.250. The molecule has 2 N–H and O–H groups in total. The number of fused-ring (bicyclic) bond motifs is 1. The smallest absolute Gasteiger partial charge is 0.237 e. The van der Waals surface area contributed by atoms with E-state index in [0.717, 1.165) is 34.6 Å². The standard InChI is InChI=1S/C20H22N4O2S/c1-3-12-24-18-7-5-4-6-17(18)22-20(24)23-19(26)13-27-16-10-8-15(9-11-16)21-14(2)25/h4-11H,3,12-13H2,1-2H3,(H,21,25)(H,22,23,26). The predicted octanol–water partition coefficient (Wildman–Crippen LogP) is 4.14. The highest BCUT2D eigenvalue weighted by molar-refractivity contribution is 8.00. The Labute approximate surface area is 162 Å². The van der Waals surface area contributed by atoms with Crippen molar-refractivity contribution in [3.63, 3.8) is 0 Å². The molecule has 3 aromatic rings. The summed E-state index contributed by atoms with van der Waals surface area (Å²) in [6.45, 7) is 4.37. The van der Waals surface area contributed by atoms with Gasteiger partial charge in [-0.25, -0.2) is 4.98 Å². The Hall–Kier alpha value is -2.80. The number of nitrogens with one attached hydrogen (secondary N) is 2. The molecule has 3 rings (SSSR count). The highest BCUT2D eigenvalue weighted by Gasteiger charge is 2.12. The van der Waals surface area contributed by atoms with Crippen molar-refractivity contribution in [1.29, 1.82) is 0 Å². The Kier molecular flexibility index (Phi) is 6.13. The number of para-hydroxylation sites is 2. The van der Waals surface area contributed by atoms with E-state index in [1.807, 2.05) is 53.1 Å². The molecule has 27 heavy (non-hydrogen) atoms. The van der Waals surface area contributed by atoms with Crippen LogP contribution in [0.25, 0.3) is 11.0 Å². The number of nitrogens with zero attached hydrogens (tertiary/aromatic N) is 2. The first-order valence-corrected chi connectivity index (χ1v) is 9.81. The van der Waals surface area contributed by atoms with E-state index in [1.54, 1.807) is 0 Å². The second kappa shape index (κ2) is 8.73. The van der Waals surface area contributed by atoms with Crippen LogP contribution in [0.4, 0.5) is 11.6 Å². The Morgan fingerprint density at radius 1 is 1.07 bits per heavy atom. The van der Waals surface area contributed by atoms with Crippen LogP contribution in [0.15, 0.2) is 53.4 Å². The molecule has 2 amide bonds. The summed E-state index contributed by atoms with van der Waals surface area (Å²) < 4.78 is 2.04. The number of anilines is 2. The van der Waals surface area contributed by atoms with Gasteiger partial charge in [0.25, 0.3) is 0 Å². The first kappa shape index (κ1) is 19.0. The molecule has 1 heterocycles. The molecule has 0 aliphatic heterocycles. The maximum Gasteiger partial charge on any atom is 0.237 e. The summed E-state index contributed by atoms with van der Waals surface area (Å²) in [7, 11) is 0. The fourth-order valence-corrected chi connectivity index (χ4v) is 3.47. The van der Waals surface area contributed by atoms with E-state index in [9.17, 15) is 9.59 Å². The van der Waals surface area contributed by atoms with Gasteiger partial charge in [0, 0.05) is 24.1 Å². The van der Waals surface area contributed by atoms with Crippen LogP contribution in [0.2, 0.25) is 0 Å². The third-order valence-corrected chi connectivity index (χ3v) is 4.91. The largest absolute Gasteiger partial charge is 0.326 e. The summed E-state index contributed by atoms with van der Waals surface area (Å²) in [5.41, 5.74) is 2.64. The molecule has 0 radical (unpaired) electrons. The fourth-order valence-electron chi connectivity index (χ4n) is 2.77. The second-order valence-electron chi connectivity index (χ2n) is 6.12. The minimum atomic E-state index is -0.107. The monoisotopic (exact) mass is 382 g/mol. The second-order valence-corrected chi connectivity index (χ2v) is 7.17. The van der Waals surface area contributed by atoms with Crippen molar-refractivity contribution in [3.05, 3.63) is 48.5 Å². The zero-order chi connectivity index (χ0) is 19.2. The third-order valence-electron chi connectivity index (χ3n) is 3.90. The van der Waals surface area contributed by atoms with E-state index < -0.39 is 0 Å². The summed E-state index contributed by atoms with van der Waals surface area (Å²) in [4.78, 5) is 28.9. The van der Waals surface area contributed by atoms with Crippen LogP contribution in [-0.2, 0) is 16.1 Å². The van der Waals surface area contributed by atoms with Gasteiger partial charge >= 0.3 is 0 Å². The van der Waals surface area contributed by atoms with E-state index in [-0.39, 0.29) is 17.6 Å². The van der Waals surface area contributed by atoms with Gasteiger partial charge in [-0.1, -0.05) is 19.1 Å². The molecule has 0 aliphatic rings. The number of hydrogen-bond donors (Lipinski definition) is 2. The lowest BCUT2D eigenvalue weighted by Crippen LogP contribution is -2.17. The van der Waals surface area contributed by atoms with Crippen molar-refractivity contribution in [2.24, 2.45) is 0 Å². The van der Waals surface area contributed by atoms with Gasteiger partial charge in [-0.05, 0) is 42.8 Å². The summed E-state index contributed by atoms with van der Waals surface area (Å²) in [6.07, 6.45) is 0.957. The first-order chi connectivity index (χ1) is 13.1. The van der Waals surface area contributed by atoms with Crippen molar-refractivity contribution >= 4 is 46.2 Å². The van der Waals surface area contributed by atoms with Crippen LogP contribution < -0.4 is 10.6 Å². The molecule has 0 fully saturated rings. The predicted molar refractivity (Wildman–Crippen MR) is 110 cm³/mol. The first-order valence-electron chi connectivity index (χ1n) is 8.82. The Bertz CT molecular complexity index is 950. The molecule has 1 aromatic heterocycles. The van der Waals surface area contributed by atoms with E-state index in [4.69, 9.17) is 0 Å². The van der Waals surface area contributed by atoms with Gasteiger partial charge < -0.3 is 9.88 Å². The van der Waals surface area contributed by atoms with Crippen molar-refractivity contribution in [1.82, 2.24) is 9.55 Å². The maximum atomic E-state index is 12.4. The lowest BCUT2D eigenvalue weighted by molar-refractivity contribution is -0.114. The van der Waals surface area contributed by atoms with Gasteiger partial charge in [-0.3, -0.25) is 14.9 Å². The molecule has 7 heteroatoms. The maximum absolute atomic E-state index is 12.4. The normalized spacial score (nSPS) is 10.7. The molecular formula is C20H22N4O2S. The number of rotatable bonds is 7. The summed E-state index contributed by atoms with van der Waals surface area (Å²) in [6, 6.07) is 15.3. The number of thioether (sulfide) groups is 1. The van der Waals surface area contributed by atoms with Gasteiger partial charge in [-0.2, -0.15) is 0 Å². The Balaban J connectivity index is 1.63. The summed E-state index contributed by atoms with van der Waals surface area (Å²) in [5, 5.41) is 5.65. The van der Waals surface area contributed by atoms with Crippen molar-refractivity contribution in [2.45, 2.75) is 31.7 Å². The molecule has 140 valence electrons. The molecule has 0 saturated heterocycles. The molecule has 0 atom stereocenters. The molecule has 2 aromatic carbocycles. The minimum Gasteiger partial charge on any atom is -0.326 e. The van der Waals surface area contributed by atoms with Gasteiger partial charge in [0.05, 0.1) is 16.8 Å². The minimum absolute atomic E-state index is 0.0985. The van der Waals surface area contributed by atoms with Crippen LogP contribution in [-0.4, -0.2) is 27.1 Å². The molecule has 0 saturated carbocycles. The lowest BCUT2D eigenvalue weighted by Gasteiger charge is -2.09. The number of carbonyl (C=O) groups excluding carboxylic acids is 2. The molecular weight excluding hydrogens is 360 g/mol. The number of aryl methyl sites for hydroxylation is 1. The Morgan fingerprint density at radius 2 is 1.81 bits per heavy atom. The highest BCUT2D eigenvalue weighted by atomic mass is 32.2. The van der Waals surface area contributed by atoms with Crippen LogP contribution in [0, 0.1) is 0 Å². The summed E-state index contributed by atoms with van der Waals surface area (Å²) >= 11 is 1.44. The number of benzene rings is 2. The van der Waals surface area contributed by atoms with Crippen LogP contribution >= 0.6 is 11.8 Å². The van der Waals surface area contributed by atoms with Crippen LogP contribution in [0.5, 0.6) is 0 Å². The Morgan fingerprint density at radius 3 is 2.52 bits per heavy atom. The van der Waals surface area contributed by atoms with Crippen LogP contribution in [0.1, 0.15) is 20.3 Å². The van der Waals surface area contributed by atoms with Crippen LogP contribution in [0.3, 0.4) is 0 Å².